The number of ether oxygens (including phenoxy) is 1. The maximum absolute atomic E-state index is 12.3. The molecule has 0 aliphatic heterocycles. The molecule has 0 aliphatic carbocycles. The molecule has 2 heterocycles. The smallest absolute Gasteiger partial charge is 0.354 e. The summed E-state index contributed by atoms with van der Waals surface area (Å²) in [6.45, 7) is 9.47. The van der Waals surface area contributed by atoms with Gasteiger partial charge in [0, 0.05) is 18.8 Å². The minimum atomic E-state index is -0.410. The maximum Gasteiger partial charge on any atom is 0.354 e. The van der Waals surface area contributed by atoms with Gasteiger partial charge in [0.25, 0.3) is 0 Å². The van der Waals surface area contributed by atoms with Gasteiger partial charge in [-0.25, -0.2) is 9.64 Å². The van der Waals surface area contributed by atoms with Crippen LogP contribution in [-0.4, -0.2) is 17.1 Å². The third kappa shape index (κ3) is 2.84. The molecule has 0 saturated carbocycles. The van der Waals surface area contributed by atoms with Gasteiger partial charge in [-0.3, -0.25) is 0 Å². The maximum atomic E-state index is 12.3. The summed E-state index contributed by atoms with van der Waals surface area (Å²) in [6.07, 6.45) is 1.67. The van der Waals surface area contributed by atoms with Gasteiger partial charge in [-0.05, 0) is 40.4 Å². The summed E-state index contributed by atoms with van der Waals surface area (Å²) in [5.41, 5.74) is 4.59. The molecule has 0 bridgehead atoms. The van der Waals surface area contributed by atoms with E-state index in [0.717, 1.165) is 16.7 Å². The van der Waals surface area contributed by atoms with E-state index in [1.54, 1.807) is 36.1 Å². The van der Waals surface area contributed by atoms with Crippen LogP contribution in [0.1, 0.15) is 17.4 Å². The van der Waals surface area contributed by atoms with Crippen molar-refractivity contribution < 1.29 is 9.53 Å². The lowest BCUT2D eigenvalue weighted by Crippen LogP contribution is -2.10. The first-order chi connectivity index (χ1) is 11.7. The van der Waals surface area contributed by atoms with Gasteiger partial charge in [0.15, 0.2) is 0 Å². The standard InChI is InChI=1S/C19H16N2O2S/c1-4-23-19(22)18-17(16(20-2)11-21(18)3)14-7-5-13(6-8-14)15-9-10-24-12-15/h5-12H,4H2,1,3H3. The monoisotopic (exact) mass is 336 g/mol. The summed E-state index contributed by atoms with van der Waals surface area (Å²) in [4.78, 5) is 15.9. The Kier molecular flexibility index (Phi) is 4.50. The Balaban J connectivity index is 2.08. The molecule has 1 aromatic carbocycles. The number of hydrogen-bond donors (Lipinski definition) is 0. The van der Waals surface area contributed by atoms with Crippen LogP contribution >= 0.6 is 11.3 Å². The highest BCUT2D eigenvalue weighted by Gasteiger charge is 2.22. The van der Waals surface area contributed by atoms with Crippen molar-refractivity contribution >= 4 is 23.0 Å². The first-order valence-corrected chi connectivity index (χ1v) is 8.47. The first-order valence-electron chi connectivity index (χ1n) is 7.52. The van der Waals surface area contributed by atoms with Crippen LogP contribution in [-0.2, 0) is 11.8 Å². The van der Waals surface area contributed by atoms with Gasteiger partial charge in [-0.15, -0.1) is 0 Å². The Bertz CT molecular complexity index is 900. The Morgan fingerprint density at radius 1 is 1.21 bits per heavy atom. The lowest BCUT2D eigenvalue weighted by atomic mass is 10.0. The number of aryl methyl sites for hydroxylation is 1. The zero-order valence-corrected chi connectivity index (χ0v) is 14.3. The number of aromatic nitrogens is 1. The van der Waals surface area contributed by atoms with Crippen molar-refractivity contribution in [2.24, 2.45) is 7.05 Å². The molecular formula is C19H16N2O2S. The molecule has 0 fully saturated rings. The van der Waals surface area contributed by atoms with Crippen LogP contribution in [0, 0.1) is 6.57 Å². The van der Waals surface area contributed by atoms with Crippen molar-refractivity contribution in [1.29, 1.82) is 0 Å². The largest absolute Gasteiger partial charge is 0.461 e. The molecule has 3 aromatic rings. The predicted molar refractivity (Wildman–Crippen MR) is 96.4 cm³/mol. The van der Waals surface area contributed by atoms with Gasteiger partial charge in [-0.2, -0.15) is 11.3 Å². The fraction of sp³-hybridized carbons (Fsp3) is 0.158. The molecule has 0 spiro atoms. The lowest BCUT2D eigenvalue weighted by Gasteiger charge is -2.09. The van der Waals surface area contributed by atoms with Gasteiger partial charge in [-0.1, -0.05) is 24.3 Å². The second kappa shape index (κ2) is 6.73. The van der Waals surface area contributed by atoms with Gasteiger partial charge in [0.1, 0.15) is 5.69 Å². The van der Waals surface area contributed by atoms with Crippen molar-refractivity contribution in [2.45, 2.75) is 6.92 Å². The molecule has 4 nitrogen and oxygen atoms in total. The summed E-state index contributed by atoms with van der Waals surface area (Å²) in [5.74, 6) is -0.410. The van der Waals surface area contributed by atoms with Crippen LogP contribution in [0.5, 0.6) is 0 Å². The predicted octanol–water partition coefficient (Wildman–Crippen LogP) is 5.15. The summed E-state index contributed by atoms with van der Waals surface area (Å²) in [5, 5.41) is 4.13. The second-order valence-electron chi connectivity index (χ2n) is 5.27. The van der Waals surface area contributed by atoms with Crippen LogP contribution in [0.2, 0.25) is 0 Å². The highest BCUT2D eigenvalue weighted by Crippen LogP contribution is 2.36. The van der Waals surface area contributed by atoms with Crippen molar-refractivity contribution in [2.75, 3.05) is 6.61 Å². The van der Waals surface area contributed by atoms with E-state index >= 15 is 0 Å². The quantitative estimate of drug-likeness (QED) is 0.488. The van der Waals surface area contributed by atoms with E-state index in [0.29, 0.717) is 23.6 Å². The first kappa shape index (κ1) is 16.0. The lowest BCUT2D eigenvalue weighted by molar-refractivity contribution is 0.0516. The average Bonchev–Trinajstić information content (AvgIpc) is 3.22. The van der Waals surface area contributed by atoms with Crippen molar-refractivity contribution in [1.82, 2.24) is 4.57 Å². The zero-order chi connectivity index (χ0) is 17.1. The molecule has 2 aromatic heterocycles. The normalized spacial score (nSPS) is 10.4. The van der Waals surface area contributed by atoms with Crippen LogP contribution in [0.15, 0.2) is 47.3 Å². The SMILES string of the molecule is [C-]#[N+]c1cn(C)c(C(=O)OCC)c1-c1ccc(-c2ccsc2)cc1. The fourth-order valence-corrected chi connectivity index (χ4v) is 3.35. The van der Waals surface area contributed by atoms with Crippen LogP contribution in [0.4, 0.5) is 5.69 Å². The highest BCUT2D eigenvalue weighted by molar-refractivity contribution is 7.08. The Morgan fingerprint density at radius 2 is 1.92 bits per heavy atom. The van der Waals surface area contributed by atoms with Crippen LogP contribution in [0.25, 0.3) is 27.1 Å². The Hall–Kier alpha value is -2.84. The molecule has 0 radical (unpaired) electrons. The minimum Gasteiger partial charge on any atom is -0.461 e. The molecule has 0 unspecified atom stereocenters. The molecule has 0 atom stereocenters. The van der Waals surface area contributed by atoms with Crippen LogP contribution in [0.3, 0.4) is 0 Å². The number of rotatable bonds is 4. The summed E-state index contributed by atoms with van der Waals surface area (Å²) in [6, 6.07) is 9.97. The number of carbonyl (C=O) groups excluding carboxylic acids is 1. The fourth-order valence-electron chi connectivity index (χ4n) is 2.68. The summed E-state index contributed by atoms with van der Waals surface area (Å²) < 4.78 is 6.81. The number of hydrogen-bond acceptors (Lipinski definition) is 3. The average molecular weight is 336 g/mol. The summed E-state index contributed by atoms with van der Waals surface area (Å²) >= 11 is 1.65. The van der Waals surface area contributed by atoms with Crippen molar-refractivity contribution in [3.8, 4) is 22.3 Å². The molecule has 0 aliphatic rings. The van der Waals surface area contributed by atoms with Gasteiger partial charge in [0.2, 0.25) is 5.69 Å². The number of benzene rings is 1. The topological polar surface area (TPSA) is 35.6 Å². The molecule has 120 valence electrons. The second-order valence-corrected chi connectivity index (χ2v) is 6.05. The van der Waals surface area contributed by atoms with Gasteiger partial charge < -0.3 is 9.30 Å². The molecule has 3 rings (SSSR count). The van der Waals surface area contributed by atoms with E-state index in [1.165, 1.54) is 0 Å². The van der Waals surface area contributed by atoms with E-state index in [4.69, 9.17) is 11.3 Å². The Labute approximate surface area is 144 Å². The van der Waals surface area contributed by atoms with E-state index in [9.17, 15) is 4.79 Å². The molecule has 0 amide bonds. The van der Waals surface area contributed by atoms with Crippen LogP contribution < -0.4 is 0 Å². The molecule has 5 heteroatoms. The third-order valence-electron chi connectivity index (χ3n) is 3.78. The molecule has 0 N–H and O–H groups in total. The minimum absolute atomic E-state index is 0.300. The number of carbonyl (C=O) groups is 1. The number of esters is 1. The number of nitrogens with zero attached hydrogens (tertiary/aromatic N) is 2. The highest BCUT2D eigenvalue weighted by atomic mass is 32.1. The van der Waals surface area contributed by atoms with Crippen molar-refractivity contribution in [3.05, 3.63) is 64.4 Å². The number of thiophene rings is 1. The van der Waals surface area contributed by atoms with Gasteiger partial charge >= 0.3 is 5.97 Å². The van der Waals surface area contributed by atoms with E-state index in [2.05, 4.69) is 16.3 Å². The Morgan fingerprint density at radius 3 is 2.50 bits per heavy atom. The van der Waals surface area contributed by atoms with Crippen molar-refractivity contribution in [3.63, 3.8) is 0 Å². The zero-order valence-electron chi connectivity index (χ0n) is 13.4. The van der Waals surface area contributed by atoms with E-state index in [-0.39, 0.29) is 0 Å². The molecular weight excluding hydrogens is 320 g/mol. The molecule has 0 saturated heterocycles. The van der Waals surface area contributed by atoms with E-state index < -0.39 is 5.97 Å². The van der Waals surface area contributed by atoms with Gasteiger partial charge in [0.05, 0.1) is 13.2 Å². The molecule has 24 heavy (non-hydrogen) atoms. The summed E-state index contributed by atoms with van der Waals surface area (Å²) in [7, 11) is 1.75. The third-order valence-corrected chi connectivity index (χ3v) is 4.46. The van der Waals surface area contributed by atoms with E-state index in [1.807, 2.05) is 29.6 Å².